The molecule has 0 bridgehead atoms. The van der Waals surface area contributed by atoms with Crippen molar-refractivity contribution in [3.05, 3.63) is 0 Å². The molecule has 1 aliphatic rings. The summed E-state index contributed by atoms with van der Waals surface area (Å²) in [5, 5.41) is 5.09. The van der Waals surface area contributed by atoms with Gasteiger partial charge in [0, 0.05) is 18.4 Å². The summed E-state index contributed by atoms with van der Waals surface area (Å²) < 4.78 is 5.55. The Balaban J connectivity index is 1.97. The van der Waals surface area contributed by atoms with Crippen LogP contribution in [0.4, 0.5) is 0 Å². The maximum Gasteiger partial charge on any atom is 0.157 e. The van der Waals surface area contributed by atoms with Crippen molar-refractivity contribution in [3.63, 3.8) is 0 Å². The Labute approximate surface area is 110 Å². The van der Waals surface area contributed by atoms with Crippen LogP contribution in [0.5, 0.6) is 0 Å². The molecule has 17 heavy (non-hydrogen) atoms. The Morgan fingerprint density at radius 2 is 2.12 bits per heavy atom. The first-order chi connectivity index (χ1) is 8.09. The van der Waals surface area contributed by atoms with Gasteiger partial charge in [-0.2, -0.15) is 0 Å². The molecule has 1 N–H and O–H groups in total. The SMILES string of the molecule is CC(C)CCOCCNC1=NCC(C(C)C)S1. The third-order valence-corrected chi connectivity index (χ3v) is 4.28. The maximum absolute atomic E-state index is 5.55. The molecule has 0 fully saturated rings. The highest BCUT2D eigenvalue weighted by Crippen LogP contribution is 2.25. The van der Waals surface area contributed by atoms with Crippen molar-refractivity contribution in [1.29, 1.82) is 0 Å². The molecule has 1 atom stereocenters. The second-order valence-corrected chi connectivity index (χ2v) is 6.50. The fraction of sp³-hybridized carbons (Fsp3) is 0.923. The predicted molar refractivity (Wildman–Crippen MR) is 76.8 cm³/mol. The van der Waals surface area contributed by atoms with E-state index in [-0.39, 0.29) is 0 Å². The summed E-state index contributed by atoms with van der Waals surface area (Å²) in [6, 6.07) is 0. The third kappa shape index (κ3) is 6.32. The van der Waals surface area contributed by atoms with Gasteiger partial charge in [0.15, 0.2) is 5.17 Å². The molecule has 1 heterocycles. The predicted octanol–water partition coefficient (Wildman–Crippen LogP) is 2.77. The van der Waals surface area contributed by atoms with Gasteiger partial charge < -0.3 is 10.1 Å². The van der Waals surface area contributed by atoms with Gasteiger partial charge in [-0.05, 0) is 18.3 Å². The summed E-state index contributed by atoms with van der Waals surface area (Å²) in [5.74, 6) is 1.43. The second kappa shape index (κ2) is 7.98. The van der Waals surface area contributed by atoms with Gasteiger partial charge in [-0.25, -0.2) is 0 Å². The lowest BCUT2D eigenvalue weighted by atomic mass is 10.1. The number of thioether (sulfide) groups is 1. The molecule has 0 spiro atoms. The highest BCUT2D eigenvalue weighted by molar-refractivity contribution is 8.14. The van der Waals surface area contributed by atoms with Crippen molar-refractivity contribution in [3.8, 4) is 0 Å². The van der Waals surface area contributed by atoms with Crippen molar-refractivity contribution in [2.75, 3.05) is 26.3 Å². The number of hydrogen-bond acceptors (Lipinski definition) is 4. The minimum atomic E-state index is 0.652. The van der Waals surface area contributed by atoms with Gasteiger partial charge in [0.05, 0.1) is 13.2 Å². The molecular weight excluding hydrogens is 232 g/mol. The quantitative estimate of drug-likeness (QED) is 0.713. The molecule has 1 rings (SSSR count). The molecule has 0 amide bonds. The lowest BCUT2D eigenvalue weighted by molar-refractivity contribution is 0.128. The molecule has 1 aliphatic heterocycles. The zero-order valence-corrected chi connectivity index (χ0v) is 12.3. The first-order valence-corrected chi connectivity index (χ1v) is 7.50. The molecule has 0 radical (unpaired) electrons. The molecule has 3 nitrogen and oxygen atoms in total. The standard InChI is InChI=1S/C13H26N2OS/c1-10(2)5-7-16-8-6-14-13-15-9-12(17-13)11(3)4/h10-12H,5-9H2,1-4H3,(H,14,15). The number of nitrogens with one attached hydrogen (secondary N) is 1. The Morgan fingerprint density at radius 3 is 2.71 bits per heavy atom. The fourth-order valence-electron chi connectivity index (χ4n) is 1.49. The molecule has 0 aromatic carbocycles. The Hall–Kier alpha value is -0.220. The van der Waals surface area contributed by atoms with E-state index in [2.05, 4.69) is 38.0 Å². The van der Waals surface area contributed by atoms with E-state index in [4.69, 9.17) is 4.74 Å². The number of amidine groups is 1. The van der Waals surface area contributed by atoms with E-state index in [0.717, 1.165) is 43.8 Å². The van der Waals surface area contributed by atoms with Gasteiger partial charge in [0.1, 0.15) is 0 Å². The van der Waals surface area contributed by atoms with Crippen molar-refractivity contribution >= 4 is 16.9 Å². The van der Waals surface area contributed by atoms with Gasteiger partial charge in [-0.3, -0.25) is 4.99 Å². The van der Waals surface area contributed by atoms with Crippen LogP contribution in [0.3, 0.4) is 0 Å². The molecule has 0 saturated carbocycles. The monoisotopic (exact) mass is 258 g/mol. The average Bonchev–Trinajstić information content (AvgIpc) is 2.71. The van der Waals surface area contributed by atoms with Crippen molar-refractivity contribution < 1.29 is 4.74 Å². The smallest absolute Gasteiger partial charge is 0.157 e. The van der Waals surface area contributed by atoms with Crippen LogP contribution >= 0.6 is 11.8 Å². The Morgan fingerprint density at radius 1 is 1.35 bits per heavy atom. The van der Waals surface area contributed by atoms with E-state index in [0.29, 0.717) is 11.2 Å². The molecule has 100 valence electrons. The molecule has 1 unspecified atom stereocenters. The van der Waals surface area contributed by atoms with E-state index >= 15 is 0 Å². The lowest BCUT2D eigenvalue weighted by Crippen LogP contribution is -2.25. The molecule has 4 heteroatoms. The van der Waals surface area contributed by atoms with Crippen LogP contribution in [-0.2, 0) is 4.74 Å². The van der Waals surface area contributed by atoms with E-state index < -0.39 is 0 Å². The molecule has 0 aliphatic carbocycles. The number of aliphatic imine (C=N–C) groups is 1. The van der Waals surface area contributed by atoms with Crippen molar-refractivity contribution in [2.24, 2.45) is 16.8 Å². The summed E-state index contributed by atoms with van der Waals surface area (Å²) in [7, 11) is 0. The first-order valence-electron chi connectivity index (χ1n) is 6.62. The van der Waals surface area contributed by atoms with E-state index in [1.807, 2.05) is 11.8 Å². The Kier molecular flexibility index (Phi) is 6.97. The molecule has 0 saturated heterocycles. The average molecular weight is 258 g/mol. The molecule has 0 aromatic rings. The number of rotatable bonds is 7. The zero-order chi connectivity index (χ0) is 12.7. The van der Waals surface area contributed by atoms with Crippen molar-refractivity contribution in [1.82, 2.24) is 5.32 Å². The second-order valence-electron chi connectivity index (χ2n) is 5.27. The largest absolute Gasteiger partial charge is 0.380 e. The summed E-state index contributed by atoms with van der Waals surface area (Å²) >= 11 is 1.87. The van der Waals surface area contributed by atoms with E-state index in [1.54, 1.807) is 0 Å². The van der Waals surface area contributed by atoms with Crippen LogP contribution in [0.15, 0.2) is 4.99 Å². The van der Waals surface area contributed by atoms with Gasteiger partial charge in [-0.15, -0.1) is 0 Å². The van der Waals surface area contributed by atoms with Crippen LogP contribution in [0, 0.1) is 11.8 Å². The minimum absolute atomic E-state index is 0.652. The van der Waals surface area contributed by atoms with E-state index in [9.17, 15) is 0 Å². The first kappa shape index (κ1) is 14.8. The summed E-state index contributed by atoms with van der Waals surface area (Å²) in [4.78, 5) is 4.50. The van der Waals surface area contributed by atoms with Crippen LogP contribution in [-0.4, -0.2) is 36.7 Å². The molecular formula is C13H26N2OS. The summed E-state index contributed by atoms with van der Waals surface area (Å²) in [6.07, 6.45) is 1.14. The third-order valence-electron chi connectivity index (χ3n) is 2.78. The summed E-state index contributed by atoms with van der Waals surface area (Å²) in [6.45, 7) is 12.4. The highest BCUT2D eigenvalue weighted by atomic mass is 32.2. The topological polar surface area (TPSA) is 33.6 Å². The van der Waals surface area contributed by atoms with Gasteiger partial charge >= 0.3 is 0 Å². The van der Waals surface area contributed by atoms with Crippen LogP contribution in [0.2, 0.25) is 0 Å². The number of nitrogens with zero attached hydrogens (tertiary/aromatic N) is 1. The fourth-order valence-corrected chi connectivity index (χ4v) is 2.53. The van der Waals surface area contributed by atoms with E-state index in [1.165, 1.54) is 0 Å². The highest BCUT2D eigenvalue weighted by Gasteiger charge is 2.21. The van der Waals surface area contributed by atoms with Crippen LogP contribution in [0.25, 0.3) is 0 Å². The minimum Gasteiger partial charge on any atom is -0.380 e. The van der Waals surface area contributed by atoms with Gasteiger partial charge in [-0.1, -0.05) is 39.5 Å². The molecule has 0 aromatic heterocycles. The van der Waals surface area contributed by atoms with Gasteiger partial charge in [0.25, 0.3) is 0 Å². The number of hydrogen-bond donors (Lipinski definition) is 1. The van der Waals surface area contributed by atoms with Crippen molar-refractivity contribution in [2.45, 2.75) is 39.4 Å². The van der Waals surface area contributed by atoms with Gasteiger partial charge in [0.2, 0.25) is 0 Å². The summed E-state index contributed by atoms with van der Waals surface area (Å²) in [5.41, 5.74) is 0. The Bertz CT molecular complexity index is 242. The maximum atomic E-state index is 5.55. The van der Waals surface area contributed by atoms with Crippen LogP contribution < -0.4 is 5.32 Å². The van der Waals surface area contributed by atoms with Crippen LogP contribution in [0.1, 0.15) is 34.1 Å². The lowest BCUT2D eigenvalue weighted by Gasteiger charge is -2.12. The zero-order valence-electron chi connectivity index (χ0n) is 11.5. The number of ether oxygens (including phenoxy) is 1. The normalized spacial score (nSPS) is 20.1.